The molecule has 3 nitrogen and oxygen atoms in total. The Hall–Kier alpha value is -0.570. The van der Waals surface area contributed by atoms with Gasteiger partial charge in [0.1, 0.15) is 6.04 Å². The van der Waals surface area contributed by atoms with Crippen molar-refractivity contribution in [1.29, 1.82) is 0 Å². The molecular formula is C10H15NO2. The molecule has 3 aliphatic rings. The van der Waals surface area contributed by atoms with E-state index in [-0.39, 0.29) is 17.7 Å². The molecule has 3 rings (SSSR count). The fourth-order valence-corrected chi connectivity index (χ4v) is 3.13. The predicted molar refractivity (Wildman–Crippen MR) is 47.0 cm³/mol. The molecule has 0 aromatic rings. The molecule has 1 aliphatic carbocycles. The van der Waals surface area contributed by atoms with Crippen LogP contribution in [0.4, 0.5) is 0 Å². The second-order valence-electron chi connectivity index (χ2n) is 4.43. The third kappa shape index (κ3) is 0.909. The molecule has 0 N–H and O–H groups in total. The molecule has 2 saturated heterocycles. The Labute approximate surface area is 78.0 Å². The standard InChI is InChI=1S/C10H15NO2/c12-9-8-4-3-7-11(8)10(13-9)5-1-2-6-10/h8H,1-7H2/t8-/m0/s1. The van der Waals surface area contributed by atoms with Crippen LogP contribution in [0.2, 0.25) is 0 Å². The molecule has 3 fully saturated rings. The van der Waals surface area contributed by atoms with Gasteiger partial charge in [-0.25, -0.2) is 0 Å². The maximum Gasteiger partial charge on any atom is 0.325 e. The van der Waals surface area contributed by atoms with E-state index in [4.69, 9.17) is 4.74 Å². The molecular weight excluding hydrogens is 166 g/mol. The Bertz CT molecular complexity index is 245. The van der Waals surface area contributed by atoms with Gasteiger partial charge in [0.05, 0.1) is 0 Å². The van der Waals surface area contributed by atoms with Gasteiger partial charge < -0.3 is 4.74 Å². The van der Waals surface area contributed by atoms with E-state index in [1.54, 1.807) is 0 Å². The van der Waals surface area contributed by atoms with Crippen LogP contribution in [0.3, 0.4) is 0 Å². The number of ether oxygens (including phenoxy) is 1. The van der Waals surface area contributed by atoms with Crippen LogP contribution in [-0.2, 0) is 9.53 Å². The summed E-state index contributed by atoms with van der Waals surface area (Å²) < 4.78 is 5.56. The molecule has 1 saturated carbocycles. The monoisotopic (exact) mass is 181 g/mol. The highest BCUT2D eigenvalue weighted by Crippen LogP contribution is 2.45. The quantitative estimate of drug-likeness (QED) is 0.527. The van der Waals surface area contributed by atoms with Crippen LogP contribution in [0.1, 0.15) is 38.5 Å². The summed E-state index contributed by atoms with van der Waals surface area (Å²) in [6, 6.07) is 0.109. The molecule has 0 radical (unpaired) electrons. The highest BCUT2D eigenvalue weighted by Gasteiger charge is 2.55. The topological polar surface area (TPSA) is 29.5 Å². The highest BCUT2D eigenvalue weighted by molar-refractivity contribution is 5.79. The van der Waals surface area contributed by atoms with Crippen molar-refractivity contribution < 1.29 is 9.53 Å². The van der Waals surface area contributed by atoms with E-state index in [2.05, 4.69) is 4.90 Å². The van der Waals surface area contributed by atoms with Gasteiger partial charge in [-0.05, 0) is 25.7 Å². The summed E-state index contributed by atoms with van der Waals surface area (Å²) in [7, 11) is 0. The Morgan fingerprint density at radius 1 is 1.31 bits per heavy atom. The Kier molecular flexibility index (Phi) is 1.48. The van der Waals surface area contributed by atoms with E-state index in [1.807, 2.05) is 0 Å². The number of esters is 1. The van der Waals surface area contributed by atoms with Gasteiger partial charge >= 0.3 is 5.97 Å². The molecule has 1 spiro atoms. The molecule has 3 heteroatoms. The van der Waals surface area contributed by atoms with Crippen LogP contribution in [0.5, 0.6) is 0 Å². The first-order valence-corrected chi connectivity index (χ1v) is 5.31. The van der Waals surface area contributed by atoms with Crippen LogP contribution in [-0.4, -0.2) is 29.2 Å². The van der Waals surface area contributed by atoms with Crippen molar-refractivity contribution in [3.05, 3.63) is 0 Å². The third-order valence-electron chi connectivity index (χ3n) is 3.72. The first-order valence-electron chi connectivity index (χ1n) is 5.31. The van der Waals surface area contributed by atoms with Crippen molar-refractivity contribution in [2.24, 2.45) is 0 Å². The minimum atomic E-state index is -0.155. The smallest absolute Gasteiger partial charge is 0.325 e. The zero-order valence-electron chi connectivity index (χ0n) is 7.79. The van der Waals surface area contributed by atoms with E-state index in [1.165, 1.54) is 19.3 Å². The van der Waals surface area contributed by atoms with Gasteiger partial charge in [0.15, 0.2) is 5.72 Å². The van der Waals surface area contributed by atoms with Gasteiger partial charge in [0.25, 0.3) is 0 Å². The zero-order valence-corrected chi connectivity index (χ0v) is 7.79. The number of nitrogens with zero attached hydrogens (tertiary/aromatic N) is 1. The average molecular weight is 181 g/mol. The molecule has 13 heavy (non-hydrogen) atoms. The van der Waals surface area contributed by atoms with Gasteiger partial charge in [-0.1, -0.05) is 0 Å². The summed E-state index contributed by atoms with van der Waals surface area (Å²) in [5, 5.41) is 0. The van der Waals surface area contributed by atoms with Crippen LogP contribution in [0, 0.1) is 0 Å². The normalized spacial score (nSPS) is 36.9. The first kappa shape index (κ1) is 7.80. The molecule has 72 valence electrons. The van der Waals surface area contributed by atoms with Crippen LogP contribution >= 0.6 is 0 Å². The summed E-state index contributed by atoms with van der Waals surface area (Å²) in [5.74, 6) is 0.0411. The second-order valence-corrected chi connectivity index (χ2v) is 4.43. The van der Waals surface area contributed by atoms with Crippen molar-refractivity contribution >= 4 is 5.97 Å². The molecule has 0 aromatic carbocycles. The van der Waals surface area contributed by atoms with Crippen molar-refractivity contribution in [1.82, 2.24) is 4.90 Å². The lowest BCUT2D eigenvalue weighted by Crippen LogP contribution is -2.43. The summed E-state index contributed by atoms with van der Waals surface area (Å²) in [6.45, 7) is 1.07. The maximum absolute atomic E-state index is 11.6. The van der Waals surface area contributed by atoms with E-state index < -0.39 is 0 Å². The average Bonchev–Trinajstić information content (AvgIpc) is 2.74. The zero-order chi connectivity index (χ0) is 8.89. The van der Waals surface area contributed by atoms with E-state index in [0.717, 1.165) is 25.8 Å². The van der Waals surface area contributed by atoms with Gasteiger partial charge in [-0.3, -0.25) is 9.69 Å². The van der Waals surface area contributed by atoms with E-state index in [0.29, 0.717) is 0 Å². The molecule has 0 amide bonds. The van der Waals surface area contributed by atoms with Gasteiger partial charge in [-0.15, -0.1) is 0 Å². The Balaban J connectivity index is 1.93. The Morgan fingerprint density at radius 2 is 2.08 bits per heavy atom. The van der Waals surface area contributed by atoms with Crippen molar-refractivity contribution in [2.45, 2.75) is 50.3 Å². The summed E-state index contributed by atoms with van der Waals surface area (Å²) in [6.07, 6.45) is 6.75. The fourth-order valence-electron chi connectivity index (χ4n) is 3.13. The van der Waals surface area contributed by atoms with Crippen molar-refractivity contribution in [2.75, 3.05) is 6.54 Å². The molecule has 0 aromatic heterocycles. The minimum Gasteiger partial charge on any atom is -0.442 e. The molecule has 2 heterocycles. The number of carbonyl (C=O) groups excluding carboxylic acids is 1. The number of hydrogen-bond acceptors (Lipinski definition) is 3. The maximum atomic E-state index is 11.6. The number of rotatable bonds is 0. The second kappa shape index (κ2) is 2.47. The predicted octanol–water partition coefficient (Wildman–Crippen LogP) is 1.28. The molecule has 0 bridgehead atoms. The lowest BCUT2D eigenvalue weighted by Gasteiger charge is -2.30. The first-order chi connectivity index (χ1) is 6.32. The number of fused-ring (bicyclic) bond motifs is 2. The minimum absolute atomic E-state index is 0.0411. The highest BCUT2D eigenvalue weighted by atomic mass is 16.6. The van der Waals surface area contributed by atoms with Gasteiger partial charge in [-0.2, -0.15) is 0 Å². The fraction of sp³-hybridized carbons (Fsp3) is 0.900. The van der Waals surface area contributed by atoms with Crippen LogP contribution < -0.4 is 0 Å². The summed E-state index contributed by atoms with van der Waals surface area (Å²) in [4.78, 5) is 13.9. The number of hydrogen-bond donors (Lipinski definition) is 0. The molecule has 2 aliphatic heterocycles. The van der Waals surface area contributed by atoms with Gasteiger partial charge in [0.2, 0.25) is 0 Å². The lowest BCUT2D eigenvalue weighted by molar-refractivity contribution is -0.153. The molecule has 1 atom stereocenters. The third-order valence-corrected chi connectivity index (χ3v) is 3.72. The largest absolute Gasteiger partial charge is 0.442 e. The SMILES string of the molecule is O=C1OC2(CCCC2)N2CCC[C@@H]12. The summed E-state index contributed by atoms with van der Waals surface area (Å²) >= 11 is 0. The van der Waals surface area contributed by atoms with Crippen molar-refractivity contribution in [3.8, 4) is 0 Å². The van der Waals surface area contributed by atoms with Crippen LogP contribution in [0.15, 0.2) is 0 Å². The lowest BCUT2D eigenvalue weighted by atomic mass is 10.1. The van der Waals surface area contributed by atoms with Crippen molar-refractivity contribution in [3.63, 3.8) is 0 Å². The van der Waals surface area contributed by atoms with Crippen LogP contribution in [0.25, 0.3) is 0 Å². The van der Waals surface area contributed by atoms with Gasteiger partial charge in [0, 0.05) is 19.4 Å². The number of carbonyl (C=O) groups is 1. The van der Waals surface area contributed by atoms with E-state index >= 15 is 0 Å². The summed E-state index contributed by atoms with van der Waals surface area (Å²) in [5.41, 5.74) is -0.155. The molecule has 0 unspecified atom stereocenters. The Morgan fingerprint density at radius 3 is 2.85 bits per heavy atom. The van der Waals surface area contributed by atoms with E-state index in [9.17, 15) is 4.79 Å².